The topological polar surface area (TPSA) is 107 Å². The van der Waals surface area contributed by atoms with Gasteiger partial charge < -0.3 is 29.6 Å². The van der Waals surface area contributed by atoms with E-state index in [2.05, 4.69) is 25.5 Å². The molecule has 1 aromatic heterocycles. The van der Waals surface area contributed by atoms with Crippen LogP contribution in [0.3, 0.4) is 0 Å². The average Bonchev–Trinajstić information content (AvgIpc) is 3.61. The van der Waals surface area contributed by atoms with Gasteiger partial charge in [-0.15, -0.1) is 0 Å². The zero-order chi connectivity index (χ0) is 27.5. The van der Waals surface area contributed by atoms with Crippen LogP contribution in [0.5, 0.6) is 5.75 Å². The fourth-order valence-corrected chi connectivity index (χ4v) is 5.23. The molecule has 3 aliphatic rings. The number of ether oxygens (including phenoxy) is 4. The molecule has 210 valence electrons. The molecular formula is C28H29ClFN5O5. The number of nitrogens with zero attached hydrogens (tertiary/aromatic N) is 3. The smallest absolute Gasteiger partial charge is 0.248 e. The van der Waals surface area contributed by atoms with Crippen molar-refractivity contribution in [3.05, 3.63) is 59.7 Å². The number of likely N-dealkylation sites (tertiary alicyclic amines) is 1. The molecule has 0 bridgehead atoms. The molecule has 4 heterocycles. The zero-order valence-electron chi connectivity index (χ0n) is 21.6. The summed E-state index contributed by atoms with van der Waals surface area (Å²) >= 11 is 5.95. The Morgan fingerprint density at radius 1 is 1.15 bits per heavy atom. The number of hydrogen-bond donors (Lipinski definition) is 2. The van der Waals surface area contributed by atoms with Gasteiger partial charge in [0.1, 0.15) is 29.8 Å². The van der Waals surface area contributed by atoms with Gasteiger partial charge in [0.15, 0.2) is 0 Å². The highest BCUT2D eigenvalue weighted by atomic mass is 35.5. The zero-order valence-corrected chi connectivity index (χ0v) is 22.4. The molecule has 6 rings (SSSR count). The summed E-state index contributed by atoms with van der Waals surface area (Å²) in [6, 6.07) is 7.85. The first-order valence-corrected chi connectivity index (χ1v) is 13.6. The van der Waals surface area contributed by atoms with Crippen LogP contribution >= 0.6 is 11.6 Å². The largest absolute Gasteiger partial charge is 0.486 e. The number of amides is 1. The molecule has 3 atom stereocenters. The van der Waals surface area contributed by atoms with Crippen molar-refractivity contribution in [3.63, 3.8) is 0 Å². The summed E-state index contributed by atoms with van der Waals surface area (Å²) < 4.78 is 36.9. The Morgan fingerprint density at radius 3 is 2.73 bits per heavy atom. The van der Waals surface area contributed by atoms with Gasteiger partial charge in [-0.05, 0) is 24.3 Å². The van der Waals surface area contributed by atoms with Crippen molar-refractivity contribution in [1.29, 1.82) is 0 Å². The van der Waals surface area contributed by atoms with E-state index in [1.54, 1.807) is 18.2 Å². The van der Waals surface area contributed by atoms with Crippen LogP contribution < -0.4 is 15.4 Å². The number of halogens is 2. The van der Waals surface area contributed by atoms with E-state index in [0.717, 1.165) is 19.5 Å². The van der Waals surface area contributed by atoms with E-state index >= 15 is 0 Å². The Morgan fingerprint density at radius 2 is 1.98 bits per heavy atom. The number of hydrogen-bond acceptors (Lipinski definition) is 9. The van der Waals surface area contributed by atoms with Gasteiger partial charge in [-0.1, -0.05) is 17.7 Å². The van der Waals surface area contributed by atoms with Crippen molar-refractivity contribution < 1.29 is 28.1 Å². The third-order valence-corrected chi connectivity index (χ3v) is 7.32. The first kappa shape index (κ1) is 26.9. The van der Waals surface area contributed by atoms with Gasteiger partial charge in [0.25, 0.3) is 0 Å². The molecule has 3 fully saturated rings. The lowest BCUT2D eigenvalue weighted by atomic mass is 10.1. The second-order valence-corrected chi connectivity index (χ2v) is 10.3. The van der Waals surface area contributed by atoms with E-state index in [-0.39, 0.29) is 29.2 Å². The number of rotatable bonds is 8. The summed E-state index contributed by atoms with van der Waals surface area (Å²) in [5.74, 6) is 0.138. The van der Waals surface area contributed by atoms with Crippen molar-refractivity contribution in [1.82, 2.24) is 14.9 Å². The Balaban J connectivity index is 1.21. The molecule has 10 nitrogen and oxygen atoms in total. The summed E-state index contributed by atoms with van der Waals surface area (Å²) in [5, 5.41) is 6.73. The molecule has 0 spiro atoms. The van der Waals surface area contributed by atoms with Crippen molar-refractivity contribution in [2.75, 3.05) is 56.7 Å². The minimum atomic E-state index is -0.514. The number of carbonyl (C=O) groups excluding carboxylic acids is 1. The number of fused-ring (bicyclic) bond motifs is 2. The van der Waals surface area contributed by atoms with Crippen LogP contribution in [0, 0.1) is 5.82 Å². The molecule has 0 saturated carbocycles. The summed E-state index contributed by atoms with van der Waals surface area (Å²) in [4.78, 5) is 23.9. The molecule has 3 aromatic rings. The normalized spacial score (nSPS) is 23.0. The summed E-state index contributed by atoms with van der Waals surface area (Å²) in [7, 11) is 0. The average molecular weight is 570 g/mol. The molecule has 3 saturated heterocycles. The molecule has 40 heavy (non-hydrogen) atoms. The van der Waals surface area contributed by atoms with E-state index in [1.807, 2.05) is 6.08 Å². The number of nitrogens with one attached hydrogen (secondary N) is 2. The Labute approximate surface area is 235 Å². The van der Waals surface area contributed by atoms with Crippen molar-refractivity contribution in [3.8, 4) is 5.75 Å². The van der Waals surface area contributed by atoms with E-state index in [0.29, 0.717) is 66.8 Å². The van der Waals surface area contributed by atoms with Crippen LogP contribution in [0.15, 0.2) is 48.8 Å². The fourth-order valence-electron chi connectivity index (χ4n) is 5.04. The molecular weight excluding hydrogens is 541 g/mol. The van der Waals surface area contributed by atoms with Crippen LogP contribution in [0.25, 0.3) is 10.9 Å². The van der Waals surface area contributed by atoms with Gasteiger partial charge in [-0.2, -0.15) is 0 Å². The number of aromatic nitrogens is 2. The van der Waals surface area contributed by atoms with Gasteiger partial charge in [-0.3, -0.25) is 9.69 Å². The first-order valence-electron chi connectivity index (χ1n) is 13.2. The maximum atomic E-state index is 13.7. The Bertz CT molecular complexity index is 1410. The van der Waals surface area contributed by atoms with Crippen molar-refractivity contribution in [2.24, 2.45) is 0 Å². The minimum absolute atomic E-state index is 0.00897. The molecule has 12 heteroatoms. The number of carbonyl (C=O) groups is 1. The van der Waals surface area contributed by atoms with E-state index in [4.69, 9.17) is 30.5 Å². The highest BCUT2D eigenvalue weighted by molar-refractivity contribution is 6.31. The van der Waals surface area contributed by atoms with Crippen LogP contribution in [0.4, 0.5) is 21.6 Å². The van der Waals surface area contributed by atoms with Gasteiger partial charge >= 0.3 is 0 Å². The Kier molecular flexibility index (Phi) is 8.08. The highest BCUT2D eigenvalue weighted by Gasteiger charge is 2.35. The third kappa shape index (κ3) is 6.18. The third-order valence-electron chi connectivity index (χ3n) is 7.03. The predicted molar refractivity (Wildman–Crippen MR) is 148 cm³/mol. The van der Waals surface area contributed by atoms with Crippen LogP contribution in [-0.4, -0.2) is 85.1 Å². The number of anilines is 3. The first-order chi connectivity index (χ1) is 19.5. The molecule has 3 aliphatic heterocycles. The lowest BCUT2D eigenvalue weighted by Gasteiger charge is -2.24. The molecule has 0 unspecified atom stereocenters. The monoisotopic (exact) mass is 569 g/mol. The van der Waals surface area contributed by atoms with Crippen molar-refractivity contribution in [2.45, 2.75) is 24.7 Å². The Hall–Kier alpha value is -3.35. The van der Waals surface area contributed by atoms with E-state index in [1.165, 1.54) is 24.5 Å². The van der Waals surface area contributed by atoms with Crippen LogP contribution in [0.2, 0.25) is 5.02 Å². The van der Waals surface area contributed by atoms with E-state index in [9.17, 15) is 9.18 Å². The highest BCUT2D eigenvalue weighted by Crippen LogP contribution is 2.35. The molecule has 2 N–H and O–H groups in total. The summed E-state index contributed by atoms with van der Waals surface area (Å²) in [6.45, 7) is 4.49. The van der Waals surface area contributed by atoms with Crippen LogP contribution in [-0.2, 0) is 19.0 Å². The SMILES string of the molecule is O=C(/C=C/CN1C[C@@H]2OCCO[C@H]2C1)Nc1cc2c(Nc3ccc(F)c(Cl)c3)ncnc2cc1O[C@H]1CCOC1. The fraction of sp³-hybridized carbons (Fsp3) is 0.393. The summed E-state index contributed by atoms with van der Waals surface area (Å²) in [5.41, 5.74) is 1.63. The molecule has 0 aliphatic carbocycles. The minimum Gasteiger partial charge on any atom is -0.486 e. The summed E-state index contributed by atoms with van der Waals surface area (Å²) in [6.07, 6.45) is 5.55. The van der Waals surface area contributed by atoms with E-state index < -0.39 is 5.82 Å². The van der Waals surface area contributed by atoms with Gasteiger partial charge in [0.05, 0.1) is 54.9 Å². The number of benzene rings is 2. The molecule has 2 aromatic carbocycles. The van der Waals surface area contributed by atoms with Gasteiger partial charge in [0.2, 0.25) is 5.91 Å². The lowest BCUT2D eigenvalue weighted by molar-refractivity contribution is -0.116. The maximum absolute atomic E-state index is 13.7. The van der Waals surface area contributed by atoms with Crippen molar-refractivity contribution >= 4 is 45.6 Å². The van der Waals surface area contributed by atoms with Crippen LogP contribution in [0.1, 0.15) is 6.42 Å². The standard InChI is InChI=1S/C28H29ClFN5O5/c29-20-10-17(3-4-21(20)30)33-28-19-11-23(24(12-22(19)31-16-32-28)40-18-5-7-37-15-18)34-27(36)2-1-6-35-13-25-26(14-35)39-9-8-38-25/h1-4,10-12,16,18,25-26H,5-9,13-15H2,(H,34,36)(H,31,32,33)/b2-1+/t18-,25-,26-/m0/s1. The quantitative estimate of drug-likeness (QED) is 0.390. The maximum Gasteiger partial charge on any atom is 0.248 e. The van der Waals surface area contributed by atoms with Gasteiger partial charge in [0, 0.05) is 49.3 Å². The lowest BCUT2D eigenvalue weighted by Crippen LogP contribution is -2.36. The predicted octanol–water partition coefficient (Wildman–Crippen LogP) is 3.93. The molecule has 0 radical (unpaired) electrons. The second kappa shape index (κ2) is 12.0. The molecule has 1 amide bonds. The second-order valence-electron chi connectivity index (χ2n) is 9.87. The van der Waals surface area contributed by atoms with Gasteiger partial charge in [-0.25, -0.2) is 14.4 Å².